The summed E-state index contributed by atoms with van der Waals surface area (Å²) in [6.45, 7) is 1.96. The van der Waals surface area contributed by atoms with Crippen molar-refractivity contribution in [3.63, 3.8) is 0 Å². The van der Waals surface area contributed by atoms with Crippen molar-refractivity contribution in [2.24, 2.45) is 0 Å². The number of hydrogen-bond acceptors (Lipinski definition) is 4. The van der Waals surface area contributed by atoms with Crippen LogP contribution >= 0.6 is 0 Å². The predicted molar refractivity (Wildman–Crippen MR) is 82.9 cm³/mol. The fourth-order valence-corrected chi connectivity index (χ4v) is 3.00. The lowest BCUT2D eigenvalue weighted by Gasteiger charge is -2.49. The zero-order valence-corrected chi connectivity index (χ0v) is 12.7. The summed E-state index contributed by atoms with van der Waals surface area (Å²) in [5, 5.41) is 18.2. The lowest BCUT2D eigenvalue weighted by molar-refractivity contribution is 0.0259. The second kappa shape index (κ2) is 6.27. The van der Waals surface area contributed by atoms with E-state index in [9.17, 15) is 0 Å². The molecule has 0 unspecified atom stereocenters. The molecule has 110 valence electrons. The minimum atomic E-state index is -1.38. The summed E-state index contributed by atoms with van der Waals surface area (Å²) < 4.78 is 0. The van der Waals surface area contributed by atoms with Gasteiger partial charge in [0.15, 0.2) is 0 Å². The van der Waals surface area contributed by atoms with Crippen molar-refractivity contribution in [2.75, 3.05) is 27.7 Å². The second-order valence-electron chi connectivity index (χ2n) is 6.26. The first-order valence-electron chi connectivity index (χ1n) is 7.24. The van der Waals surface area contributed by atoms with Crippen LogP contribution in [-0.4, -0.2) is 60.2 Å². The maximum absolute atomic E-state index is 9.09. The molecule has 4 nitrogen and oxygen atoms in total. The van der Waals surface area contributed by atoms with Gasteiger partial charge in [0.1, 0.15) is 0 Å². The molecule has 1 fully saturated rings. The molecular formula is C15H25BN2O2. The van der Waals surface area contributed by atoms with Crippen LogP contribution < -0.4 is 5.46 Å². The number of nitrogens with zero attached hydrogens (tertiary/aromatic N) is 2. The van der Waals surface area contributed by atoms with E-state index < -0.39 is 7.12 Å². The molecule has 0 radical (unpaired) electrons. The molecule has 0 atom stereocenters. The first-order chi connectivity index (χ1) is 9.43. The van der Waals surface area contributed by atoms with Gasteiger partial charge in [0.2, 0.25) is 0 Å². The van der Waals surface area contributed by atoms with Crippen LogP contribution in [0.15, 0.2) is 24.3 Å². The average molecular weight is 276 g/mol. The van der Waals surface area contributed by atoms with Crippen molar-refractivity contribution < 1.29 is 10.0 Å². The quantitative estimate of drug-likeness (QED) is 0.733. The molecule has 0 heterocycles. The Morgan fingerprint density at radius 1 is 1.10 bits per heavy atom. The fraction of sp³-hybridized carbons (Fsp3) is 0.600. The Morgan fingerprint density at radius 2 is 1.70 bits per heavy atom. The Bertz CT molecular complexity index is 430. The summed E-state index contributed by atoms with van der Waals surface area (Å²) in [6.07, 6.45) is 3.88. The molecule has 0 bridgehead atoms. The van der Waals surface area contributed by atoms with Crippen LogP contribution in [-0.2, 0) is 6.54 Å². The summed E-state index contributed by atoms with van der Waals surface area (Å²) >= 11 is 0. The molecule has 0 spiro atoms. The van der Waals surface area contributed by atoms with Crippen LogP contribution in [0.3, 0.4) is 0 Å². The van der Waals surface area contributed by atoms with Gasteiger partial charge in [0, 0.05) is 18.6 Å². The van der Waals surface area contributed by atoms with Crippen LogP contribution in [0.25, 0.3) is 0 Å². The Hall–Kier alpha value is -0.875. The molecule has 2 rings (SSSR count). The van der Waals surface area contributed by atoms with Gasteiger partial charge >= 0.3 is 7.12 Å². The Balaban J connectivity index is 1.92. The van der Waals surface area contributed by atoms with Crippen molar-refractivity contribution in [1.82, 2.24) is 9.80 Å². The summed E-state index contributed by atoms with van der Waals surface area (Å²) in [7, 11) is 5.11. The van der Waals surface area contributed by atoms with Gasteiger partial charge in [0.05, 0.1) is 0 Å². The van der Waals surface area contributed by atoms with Crippen LogP contribution in [0.5, 0.6) is 0 Å². The third-order valence-corrected chi connectivity index (χ3v) is 4.53. The molecule has 1 saturated carbocycles. The smallest absolute Gasteiger partial charge is 0.423 e. The monoisotopic (exact) mass is 276 g/mol. The lowest BCUT2D eigenvalue weighted by Crippen LogP contribution is -2.56. The molecular weight excluding hydrogens is 251 g/mol. The second-order valence-corrected chi connectivity index (χ2v) is 6.26. The minimum absolute atomic E-state index is 0.343. The molecule has 1 aromatic carbocycles. The maximum atomic E-state index is 9.09. The average Bonchev–Trinajstić information content (AvgIpc) is 2.34. The predicted octanol–water partition coefficient (Wildman–Crippen LogP) is 0.282. The Labute approximate surface area is 122 Å². The van der Waals surface area contributed by atoms with Crippen LogP contribution in [0.4, 0.5) is 0 Å². The number of likely N-dealkylation sites (N-methyl/N-ethyl adjacent to an activating group) is 2. The first-order valence-corrected chi connectivity index (χ1v) is 7.24. The summed E-state index contributed by atoms with van der Waals surface area (Å²) in [6, 6.07) is 7.49. The SMILES string of the molecule is CN(Cc1ccc(B(O)O)cc1)CC1(N(C)C)CCC1. The molecule has 20 heavy (non-hydrogen) atoms. The zero-order chi connectivity index (χ0) is 14.8. The van der Waals surface area contributed by atoms with E-state index in [1.54, 1.807) is 12.1 Å². The minimum Gasteiger partial charge on any atom is -0.423 e. The summed E-state index contributed by atoms with van der Waals surface area (Å²) in [5.41, 5.74) is 2.08. The molecule has 1 aliphatic rings. The van der Waals surface area contributed by atoms with E-state index >= 15 is 0 Å². The van der Waals surface area contributed by atoms with Gasteiger partial charge in [-0.25, -0.2) is 0 Å². The van der Waals surface area contributed by atoms with Crippen LogP contribution in [0, 0.1) is 0 Å². The molecule has 5 heteroatoms. The van der Waals surface area contributed by atoms with E-state index in [2.05, 4.69) is 30.9 Å². The number of hydrogen-bond donors (Lipinski definition) is 2. The number of rotatable bonds is 6. The maximum Gasteiger partial charge on any atom is 0.488 e. The molecule has 2 N–H and O–H groups in total. The number of benzene rings is 1. The van der Waals surface area contributed by atoms with E-state index in [0.717, 1.165) is 13.1 Å². The van der Waals surface area contributed by atoms with Crippen LogP contribution in [0.2, 0.25) is 0 Å². The van der Waals surface area contributed by atoms with E-state index in [4.69, 9.17) is 10.0 Å². The fourth-order valence-electron chi connectivity index (χ4n) is 3.00. The van der Waals surface area contributed by atoms with Gasteiger partial charge in [-0.1, -0.05) is 24.3 Å². The lowest BCUT2D eigenvalue weighted by atomic mass is 9.75. The molecule has 0 aromatic heterocycles. The van der Waals surface area contributed by atoms with Gasteiger partial charge in [-0.2, -0.15) is 0 Å². The molecule has 0 aliphatic heterocycles. The molecule has 1 aliphatic carbocycles. The third kappa shape index (κ3) is 3.41. The van der Waals surface area contributed by atoms with Gasteiger partial charge in [0.25, 0.3) is 0 Å². The highest BCUT2D eigenvalue weighted by Crippen LogP contribution is 2.36. The summed E-state index contributed by atoms with van der Waals surface area (Å²) in [4.78, 5) is 4.71. The van der Waals surface area contributed by atoms with Gasteiger partial charge in [-0.15, -0.1) is 0 Å². The third-order valence-electron chi connectivity index (χ3n) is 4.53. The highest BCUT2D eigenvalue weighted by atomic mass is 16.4. The first kappa shape index (κ1) is 15.5. The van der Waals surface area contributed by atoms with Gasteiger partial charge in [-0.05, 0) is 51.4 Å². The Kier molecular flexibility index (Phi) is 4.86. The van der Waals surface area contributed by atoms with E-state index in [1.807, 2.05) is 12.1 Å². The van der Waals surface area contributed by atoms with Crippen molar-refractivity contribution in [1.29, 1.82) is 0 Å². The molecule has 0 amide bonds. The van der Waals surface area contributed by atoms with Crippen molar-refractivity contribution in [3.05, 3.63) is 29.8 Å². The van der Waals surface area contributed by atoms with E-state index in [1.165, 1.54) is 24.8 Å². The molecule has 1 aromatic rings. The topological polar surface area (TPSA) is 46.9 Å². The largest absolute Gasteiger partial charge is 0.488 e. The van der Waals surface area contributed by atoms with Crippen molar-refractivity contribution in [2.45, 2.75) is 31.3 Å². The standard InChI is InChI=1S/C15H25BN2O2/c1-17(2)15(9-4-10-15)12-18(3)11-13-5-7-14(8-6-13)16(19)20/h5-8,19-20H,4,9-12H2,1-3H3. The molecule has 0 saturated heterocycles. The van der Waals surface area contributed by atoms with E-state index in [0.29, 0.717) is 11.0 Å². The van der Waals surface area contributed by atoms with Crippen molar-refractivity contribution >= 4 is 12.6 Å². The Morgan fingerprint density at radius 3 is 2.10 bits per heavy atom. The van der Waals surface area contributed by atoms with E-state index in [-0.39, 0.29) is 0 Å². The van der Waals surface area contributed by atoms with Gasteiger partial charge in [-0.3, -0.25) is 0 Å². The normalized spacial score (nSPS) is 17.4. The highest BCUT2D eigenvalue weighted by molar-refractivity contribution is 6.58. The summed E-state index contributed by atoms with van der Waals surface area (Å²) in [5.74, 6) is 0. The van der Waals surface area contributed by atoms with Crippen molar-refractivity contribution in [3.8, 4) is 0 Å². The van der Waals surface area contributed by atoms with Gasteiger partial charge < -0.3 is 19.8 Å². The van der Waals surface area contributed by atoms with Crippen LogP contribution in [0.1, 0.15) is 24.8 Å². The zero-order valence-electron chi connectivity index (χ0n) is 12.7. The highest BCUT2D eigenvalue weighted by Gasteiger charge is 2.39.